The topological polar surface area (TPSA) is 30.0 Å². The second-order valence-corrected chi connectivity index (χ2v) is 11.6. The highest BCUT2D eigenvalue weighted by atomic mass is 16.1. The second-order valence-electron chi connectivity index (χ2n) is 11.6. The maximum absolute atomic E-state index is 11.3. The number of carbonyl (C=O) groups excluding carboxylic acids is 1. The minimum atomic E-state index is 0.00463. The Morgan fingerprint density at radius 2 is 1.75 bits per heavy atom. The summed E-state index contributed by atoms with van der Waals surface area (Å²) in [5.74, 6) is 0.684. The average molecular weight is 488 g/mol. The number of hydrogen-bond donors (Lipinski definition) is 0. The van der Waals surface area contributed by atoms with Crippen molar-refractivity contribution < 1.29 is 4.79 Å². The first-order valence-electron chi connectivity index (χ1n) is 14.0. The van der Waals surface area contributed by atoms with Crippen molar-refractivity contribution in [2.45, 2.75) is 107 Å². The smallest absolute Gasteiger partial charge is 0.120 e. The number of hydrogen-bond acceptors (Lipinski definition) is 2. The Kier molecular flexibility index (Phi) is 11.3. The van der Waals surface area contributed by atoms with Crippen LogP contribution in [0.15, 0.2) is 42.6 Å². The number of pyridine rings is 1. The Morgan fingerprint density at radius 1 is 1.03 bits per heavy atom. The van der Waals surface area contributed by atoms with Gasteiger partial charge in [0.15, 0.2) is 0 Å². The van der Waals surface area contributed by atoms with Gasteiger partial charge in [-0.25, -0.2) is 0 Å². The summed E-state index contributed by atoms with van der Waals surface area (Å²) in [6.07, 6.45) is 11.1. The van der Waals surface area contributed by atoms with Crippen LogP contribution >= 0.6 is 0 Å². The van der Waals surface area contributed by atoms with Gasteiger partial charge in [-0.15, -0.1) is 0 Å². The molecule has 0 N–H and O–H groups in total. The third-order valence-corrected chi connectivity index (χ3v) is 7.17. The number of carbonyl (C=O) groups is 1. The lowest BCUT2D eigenvalue weighted by Crippen LogP contribution is -2.15. The van der Waals surface area contributed by atoms with Crippen molar-refractivity contribution in [2.24, 2.45) is 11.3 Å². The summed E-state index contributed by atoms with van der Waals surface area (Å²) in [6.45, 7) is 20.4. The van der Waals surface area contributed by atoms with Gasteiger partial charge >= 0.3 is 0 Å². The van der Waals surface area contributed by atoms with Gasteiger partial charge in [-0.3, -0.25) is 4.98 Å². The Balaban J connectivity index is 2.91. The van der Waals surface area contributed by atoms with E-state index in [1.807, 2.05) is 6.20 Å². The maximum Gasteiger partial charge on any atom is 0.120 e. The lowest BCUT2D eigenvalue weighted by atomic mass is 9.74. The summed E-state index contributed by atoms with van der Waals surface area (Å²) in [7, 11) is 0. The molecule has 0 amide bonds. The standard InChI is InChI=1S/C34H49NO/c1-10-12-15-27(11-2)28-18-17-26(7)30(22-28)31(23-34(8,9)19-14-21-36)32(24(3)4)29-16-13-20-35-33(29)25(5)6/h13,15-18,20-22,24-25H,10-12,14,19,23H2,1-9H3/b27-15+,32-31+. The first-order chi connectivity index (χ1) is 17.1. The Bertz CT molecular complexity index is 1070. The van der Waals surface area contributed by atoms with Crippen LogP contribution in [0.1, 0.15) is 128 Å². The predicted molar refractivity (Wildman–Crippen MR) is 158 cm³/mol. The van der Waals surface area contributed by atoms with Crippen molar-refractivity contribution in [1.29, 1.82) is 0 Å². The zero-order valence-electron chi connectivity index (χ0n) is 24.4. The summed E-state index contributed by atoms with van der Waals surface area (Å²) >= 11 is 0. The van der Waals surface area contributed by atoms with Crippen LogP contribution in [0.2, 0.25) is 0 Å². The van der Waals surface area contributed by atoms with E-state index in [-0.39, 0.29) is 5.41 Å². The molecule has 0 saturated heterocycles. The molecule has 1 heterocycles. The molecule has 196 valence electrons. The van der Waals surface area contributed by atoms with E-state index in [9.17, 15) is 4.79 Å². The van der Waals surface area contributed by atoms with Crippen molar-refractivity contribution in [2.75, 3.05) is 0 Å². The number of nitrogens with zero attached hydrogens (tertiary/aromatic N) is 1. The number of rotatable bonds is 13. The first-order valence-corrected chi connectivity index (χ1v) is 14.0. The zero-order valence-corrected chi connectivity index (χ0v) is 24.4. The fraction of sp³-hybridized carbons (Fsp3) is 0.529. The van der Waals surface area contributed by atoms with Crippen molar-refractivity contribution in [3.63, 3.8) is 0 Å². The van der Waals surface area contributed by atoms with Crippen LogP contribution in [0.3, 0.4) is 0 Å². The third-order valence-electron chi connectivity index (χ3n) is 7.17. The Morgan fingerprint density at radius 3 is 2.33 bits per heavy atom. The van der Waals surface area contributed by atoms with E-state index in [4.69, 9.17) is 4.98 Å². The summed E-state index contributed by atoms with van der Waals surface area (Å²) < 4.78 is 0. The summed E-state index contributed by atoms with van der Waals surface area (Å²) in [4.78, 5) is 16.1. The molecule has 2 nitrogen and oxygen atoms in total. The molecule has 0 aliphatic carbocycles. The normalized spacial score (nSPS) is 13.4. The lowest BCUT2D eigenvalue weighted by molar-refractivity contribution is -0.108. The first kappa shape index (κ1) is 29.7. The lowest BCUT2D eigenvalue weighted by Gasteiger charge is -2.30. The van der Waals surface area contributed by atoms with Gasteiger partial charge in [0.2, 0.25) is 0 Å². The van der Waals surface area contributed by atoms with E-state index < -0.39 is 0 Å². The molecule has 36 heavy (non-hydrogen) atoms. The molecule has 0 bridgehead atoms. The molecule has 0 fully saturated rings. The van der Waals surface area contributed by atoms with Crippen LogP contribution in [0.5, 0.6) is 0 Å². The molecule has 1 aromatic heterocycles. The molecule has 0 aliphatic rings. The highest BCUT2D eigenvalue weighted by molar-refractivity contribution is 5.94. The molecule has 1 aromatic carbocycles. The second kappa shape index (κ2) is 13.7. The molecule has 0 radical (unpaired) electrons. The summed E-state index contributed by atoms with van der Waals surface area (Å²) in [5, 5.41) is 0. The number of aldehydes is 1. The molecular formula is C34H49NO. The van der Waals surface area contributed by atoms with Gasteiger partial charge in [-0.05, 0) is 101 Å². The molecular weight excluding hydrogens is 438 g/mol. The van der Waals surface area contributed by atoms with Gasteiger partial charge in [-0.1, -0.05) is 86.1 Å². The van der Waals surface area contributed by atoms with Gasteiger partial charge in [0.05, 0.1) is 5.69 Å². The summed E-state index contributed by atoms with van der Waals surface area (Å²) in [5.41, 5.74) is 10.6. The van der Waals surface area contributed by atoms with Crippen molar-refractivity contribution in [3.05, 3.63) is 70.6 Å². The van der Waals surface area contributed by atoms with Gasteiger partial charge in [0.25, 0.3) is 0 Å². The molecule has 0 unspecified atom stereocenters. The molecule has 0 aliphatic heterocycles. The third kappa shape index (κ3) is 7.76. The van der Waals surface area contributed by atoms with E-state index in [2.05, 4.69) is 98.7 Å². The number of aryl methyl sites for hydroxylation is 1. The minimum Gasteiger partial charge on any atom is -0.303 e. The molecule has 2 heteroatoms. The van der Waals surface area contributed by atoms with Crippen molar-refractivity contribution >= 4 is 23.0 Å². The van der Waals surface area contributed by atoms with Crippen LogP contribution < -0.4 is 0 Å². The number of allylic oxidation sites excluding steroid dienone is 4. The van der Waals surface area contributed by atoms with E-state index in [0.717, 1.165) is 44.1 Å². The molecule has 0 spiro atoms. The predicted octanol–water partition coefficient (Wildman–Crippen LogP) is 10.1. The minimum absolute atomic E-state index is 0.00463. The van der Waals surface area contributed by atoms with Crippen LogP contribution in [0.25, 0.3) is 16.7 Å². The van der Waals surface area contributed by atoms with Gasteiger partial charge in [0, 0.05) is 12.6 Å². The fourth-order valence-corrected chi connectivity index (χ4v) is 5.21. The van der Waals surface area contributed by atoms with Crippen LogP contribution in [-0.2, 0) is 4.79 Å². The number of benzene rings is 1. The molecule has 0 saturated carbocycles. The maximum atomic E-state index is 11.3. The Labute approximate surface area is 221 Å². The molecule has 2 rings (SSSR count). The molecule has 0 atom stereocenters. The van der Waals surface area contributed by atoms with Crippen molar-refractivity contribution in [1.82, 2.24) is 4.98 Å². The van der Waals surface area contributed by atoms with Crippen LogP contribution in [-0.4, -0.2) is 11.3 Å². The monoisotopic (exact) mass is 487 g/mol. The SMILES string of the molecule is CCC/C=C(\CC)c1ccc(C)c(/C(CC(C)(C)CCC=O)=C(/c2cccnc2C(C)C)C(C)C)c1. The van der Waals surface area contributed by atoms with Gasteiger partial charge < -0.3 is 4.79 Å². The van der Waals surface area contributed by atoms with Crippen LogP contribution in [0, 0.1) is 18.3 Å². The molecule has 2 aromatic rings. The largest absolute Gasteiger partial charge is 0.303 e. The highest BCUT2D eigenvalue weighted by Gasteiger charge is 2.27. The quantitative estimate of drug-likeness (QED) is 0.263. The van der Waals surface area contributed by atoms with E-state index in [1.165, 1.54) is 39.0 Å². The van der Waals surface area contributed by atoms with Gasteiger partial charge in [-0.2, -0.15) is 0 Å². The number of unbranched alkanes of at least 4 members (excludes halogenated alkanes) is 1. The highest BCUT2D eigenvalue weighted by Crippen LogP contribution is 2.44. The van der Waals surface area contributed by atoms with E-state index in [0.29, 0.717) is 18.3 Å². The van der Waals surface area contributed by atoms with E-state index in [1.54, 1.807) is 0 Å². The zero-order chi connectivity index (χ0) is 26.9. The fourth-order valence-electron chi connectivity index (χ4n) is 5.21. The summed E-state index contributed by atoms with van der Waals surface area (Å²) in [6, 6.07) is 11.3. The van der Waals surface area contributed by atoms with E-state index >= 15 is 0 Å². The van der Waals surface area contributed by atoms with Crippen molar-refractivity contribution in [3.8, 4) is 0 Å². The van der Waals surface area contributed by atoms with Gasteiger partial charge in [0.1, 0.15) is 6.29 Å². The van der Waals surface area contributed by atoms with Crippen LogP contribution in [0.4, 0.5) is 0 Å². The number of aromatic nitrogens is 1. The Hall–Kier alpha value is -2.48. The average Bonchev–Trinajstić information content (AvgIpc) is 2.83.